The zero-order valence-corrected chi connectivity index (χ0v) is 10.8. The van der Waals surface area contributed by atoms with Gasteiger partial charge in [-0.05, 0) is 29.6 Å². The highest BCUT2D eigenvalue weighted by Crippen LogP contribution is 2.31. The smallest absolute Gasteiger partial charge is 0.416 e. The summed E-state index contributed by atoms with van der Waals surface area (Å²) >= 11 is 1.04. The Morgan fingerprint density at radius 1 is 1.30 bits per heavy atom. The summed E-state index contributed by atoms with van der Waals surface area (Å²) in [6.07, 6.45) is -4.42. The Bertz CT molecular complexity index is 619. The SMILES string of the molecule is O=C(O)c1cc(COc2cccc(C(F)(F)F)c2)cs1. The Hall–Kier alpha value is -2.02. The van der Waals surface area contributed by atoms with Crippen molar-refractivity contribution in [1.29, 1.82) is 0 Å². The average Bonchev–Trinajstić information content (AvgIpc) is 2.85. The number of carboxylic acid groups (broad SMARTS) is 1. The molecule has 2 rings (SSSR count). The summed E-state index contributed by atoms with van der Waals surface area (Å²) in [5.41, 5.74) is -0.184. The molecular weight excluding hydrogens is 293 g/mol. The number of hydrogen-bond acceptors (Lipinski definition) is 3. The van der Waals surface area contributed by atoms with Crippen molar-refractivity contribution >= 4 is 17.3 Å². The van der Waals surface area contributed by atoms with Crippen LogP contribution in [-0.2, 0) is 12.8 Å². The van der Waals surface area contributed by atoms with Crippen LogP contribution in [0.5, 0.6) is 5.75 Å². The summed E-state index contributed by atoms with van der Waals surface area (Å²) in [5.74, 6) is -0.955. The molecule has 0 saturated heterocycles. The number of alkyl halides is 3. The molecule has 0 spiro atoms. The highest BCUT2D eigenvalue weighted by atomic mass is 32.1. The Morgan fingerprint density at radius 3 is 2.65 bits per heavy atom. The molecule has 1 aromatic carbocycles. The summed E-state index contributed by atoms with van der Waals surface area (Å²) in [6.45, 7) is 0.0189. The number of ether oxygens (including phenoxy) is 1. The maximum Gasteiger partial charge on any atom is 0.416 e. The molecule has 0 aliphatic carbocycles. The van der Waals surface area contributed by atoms with Gasteiger partial charge < -0.3 is 9.84 Å². The van der Waals surface area contributed by atoms with Crippen molar-refractivity contribution in [3.05, 3.63) is 51.7 Å². The summed E-state index contributed by atoms with van der Waals surface area (Å²) in [6, 6.07) is 5.97. The van der Waals surface area contributed by atoms with E-state index < -0.39 is 17.7 Å². The Labute approximate surface area is 116 Å². The van der Waals surface area contributed by atoms with Crippen LogP contribution in [0.3, 0.4) is 0 Å². The molecule has 2 aromatic rings. The lowest BCUT2D eigenvalue weighted by Gasteiger charge is -2.09. The third-order valence-corrected chi connectivity index (χ3v) is 3.40. The first-order chi connectivity index (χ1) is 9.36. The van der Waals surface area contributed by atoms with E-state index in [4.69, 9.17) is 9.84 Å². The van der Waals surface area contributed by atoms with Crippen molar-refractivity contribution in [2.75, 3.05) is 0 Å². The maximum absolute atomic E-state index is 12.5. The summed E-state index contributed by atoms with van der Waals surface area (Å²) in [7, 11) is 0. The van der Waals surface area contributed by atoms with Gasteiger partial charge >= 0.3 is 12.1 Å². The molecule has 0 aliphatic rings. The molecule has 1 heterocycles. The van der Waals surface area contributed by atoms with E-state index in [9.17, 15) is 18.0 Å². The van der Waals surface area contributed by atoms with Crippen molar-refractivity contribution in [2.24, 2.45) is 0 Å². The largest absolute Gasteiger partial charge is 0.489 e. The Morgan fingerprint density at radius 2 is 2.05 bits per heavy atom. The molecule has 0 radical (unpaired) electrons. The molecule has 0 bridgehead atoms. The minimum atomic E-state index is -4.42. The van der Waals surface area contributed by atoms with E-state index in [-0.39, 0.29) is 17.2 Å². The van der Waals surface area contributed by atoms with E-state index >= 15 is 0 Å². The summed E-state index contributed by atoms with van der Waals surface area (Å²) in [4.78, 5) is 10.8. The molecule has 106 valence electrons. The number of benzene rings is 1. The predicted molar refractivity (Wildman–Crippen MR) is 67.1 cm³/mol. The normalized spacial score (nSPS) is 11.3. The van der Waals surface area contributed by atoms with Crippen LogP contribution >= 0.6 is 11.3 Å². The van der Waals surface area contributed by atoms with Crippen LogP contribution in [-0.4, -0.2) is 11.1 Å². The van der Waals surface area contributed by atoms with Crippen LogP contribution in [0.15, 0.2) is 35.7 Å². The van der Waals surface area contributed by atoms with Gasteiger partial charge in [-0.1, -0.05) is 6.07 Å². The highest BCUT2D eigenvalue weighted by molar-refractivity contribution is 7.12. The van der Waals surface area contributed by atoms with Gasteiger partial charge in [-0.3, -0.25) is 0 Å². The van der Waals surface area contributed by atoms with Gasteiger partial charge in [0.15, 0.2) is 0 Å². The van der Waals surface area contributed by atoms with E-state index in [1.807, 2.05) is 0 Å². The second-order valence-electron chi connectivity index (χ2n) is 3.94. The molecule has 7 heteroatoms. The zero-order chi connectivity index (χ0) is 14.8. The van der Waals surface area contributed by atoms with Gasteiger partial charge in [0.2, 0.25) is 0 Å². The van der Waals surface area contributed by atoms with E-state index in [0.717, 1.165) is 23.5 Å². The van der Waals surface area contributed by atoms with Gasteiger partial charge in [-0.25, -0.2) is 4.79 Å². The predicted octanol–water partition coefficient (Wildman–Crippen LogP) is 4.04. The monoisotopic (exact) mass is 302 g/mol. The Balaban J connectivity index is 2.05. The van der Waals surface area contributed by atoms with Crippen LogP contribution in [0.25, 0.3) is 0 Å². The lowest BCUT2D eigenvalue weighted by molar-refractivity contribution is -0.137. The lowest BCUT2D eigenvalue weighted by atomic mass is 10.2. The summed E-state index contributed by atoms with van der Waals surface area (Å²) in [5, 5.41) is 10.3. The summed E-state index contributed by atoms with van der Waals surface area (Å²) < 4.78 is 42.7. The van der Waals surface area contributed by atoms with Crippen molar-refractivity contribution in [1.82, 2.24) is 0 Å². The molecule has 0 unspecified atom stereocenters. The van der Waals surface area contributed by atoms with Crippen LogP contribution in [0, 0.1) is 0 Å². The van der Waals surface area contributed by atoms with Gasteiger partial charge in [-0.15, -0.1) is 11.3 Å². The molecule has 1 N–H and O–H groups in total. The quantitative estimate of drug-likeness (QED) is 0.927. The third kappa shape index (κ3) is 3.51. The molecule has 1 aromatic heterocycles. The van der Waals surface area contributed by atoms with Crippen molar-refractivity contribution < 1.29 is 27.8 Å². The second kappa shape index (κ2) is 5.54. The molecule has 0 amide bonds. The maximum atomic E-state index is 12.5. The first-order valence-electron chi connectivity index (χ1n) is 5.47. The third-order valence-electron chi connectivity index (χ3n) is 2.43. The van der Waals surface area contributed by atoms with E-state index in [1.165, 1.54) is 18.2 Å². The topological polar surface area (TPSA) is 46.5 Å². The number of rotatable bonds is 4. The average molecular weight is 302 g/mol. The number of aromatic carboxylic acids is 1. The van der Waals surface area contributed by atoms with E-state index in [2.05, 4.69) is 0 Å². The molecule has 0 aliphatic heterocycles. The second-order valence-corrected chi connectivity index (χ2v) is 4.85. The molecule has 0 fully saturated rings. The van der Waals surface area contributed by atoms with Gasteiger partial charge in [0.05, 0.1) is 5.56 Å². The highest BCUT2D eigenvalue weighted by Gasteiger charge is 2.30. The molecule has 20 heavy (non-hydrogen) atoms. The van der Waals surface area contributed by atoms with Gasteiger partial charge in [0, 0.05) is 5.56 Å². The minimum absolute atomic E-state index is 0.0189. The fourth-order valence-electron chi connectivity index (χ4n) is 1.49. The fourth-order valence-corrected chi connectivity index (χ4v) is 2.23. The van der Waals surface area contributed by atoms with Crippen molar-refractivity contribution in [3.63, 3.8) is 0 Å². The number of carbonyl (C=O) groups is 1. The minimum Gasteiger partial charge on any atom is -0.489 e. The lowest BCUT2D eigenvalue weighted by Crippen LogP contribution is -2.05. The van der Waals surface area contributed by atoms with Gasteiger partial charge in [-0.2, -0.15) is 13.2 Å². The van der Waals surface area contributed by atoms with Crippen LogP contribution in [0.2, 0.25) is 0 Å². The van der Waals surface area contributed by atoms with Crippen LogP contribution in [0.1, 0.15) is 20.8 Å². The zero-order valence-electron chi connectivity index (χ0n) is 9.98. The van der Waals surface area contributed by atoms with E-state index in [0.29, 0.717) is 5.56 Å². The number of halogens is 3. The van der Waals surface area contributed by atoms with E-state index in [1.54, 1.807) is 5.38 Å². The van der Waals surface area contributed by atoms with Gasteiger partial charge in [0.25, 0.3) is 0 Å². The van der Waals surface area contributed by atoms with Crippen LogP contribution in [0.4, 0.5) is 13.2 Å². The first kappa shape index (κ1) is 14.4. The fraction of sp³-hybridized carbons (Fsp3) is 0.154. The van der Waals surface area contributed by atoms with Gasteiger partial charge in [0.1, 0.15) is 17.2 Å². The molecule has 0 atom stereocenters. The van der Waals surface area contributed by atoms with Crippen molar-refractivity contribution in [3.8, 4) is 5.75 Å². The number of carboxylic acids is 1. The number of hydrogen-bond donors (Lipinski definition) is 1. The first-order valence-corrected chi connectivity index (χ1v) is 6.35. The molecule has 0 saturated carbocycles. The molecule has 3 nitrogen and oxygen atoms in total. The number of thiophene rings is 1. The standard InChI is InChI=1S/C13H9F3O3S/c14-13(15,16)9-2-1-3-10(5-9)19-6-8-4-11(12(17)18)20-7-8/h1-5,7H,6H2,(H,17,18). The molecular formula is C13H9F3O3S. The van der Waals surface area contributed by atoms with Crippen LogP contribution < -0.4 is 4.74 Å². The Kier molecular flexibility index (Phi) is 3.99. The van der Waals surface area contributed by atoms with Crippen molar-refractivity contribution in [2.45, 2.75) is 12.8 Å².